The zero-order chi connectivity index (χ0) is 14.6. The summed E-state index contributed by atoms with van der Waals surface area (Å²) in [5.41, 5.74) is -0.0795. The van der Waals surface area contributed by atoms with E-state index in [9.17, 15) is 9.59 Å². The first-order chi connectivity index (χ1) is 8.81. The Kier molecular flexibility index (Phi) is 5.57. The first kappa shape index (κ1) is 15.7. The zero-order valence-corrected chi connectivity index (χ0v) is 12.0. The standard InChI is InChI=1S/C12H14Cl2N2O3/c1-6(2)5-8(12(18)19)15-11(17)10-7(13)3-4-9(14)16-10/h3-4,6,8H,5H2,1-2H3,(H,15,17)(H,18,19)/t8-/m0/s1. The van der Waals surface area contributed by atoms with Gasteiger partial charge in [-0.1, -0.05) is 37.0 Å². The molecule has 0 spiro atoms. The van der Waals surface area contributed by atoms with E-state index in [1.54, 1.807) is 0 Å². The molecular weight excluding hydrogens is 291 g/mol. The van der Waals surface area contributed by atoms with Gasteiger partial charge in [0.05, 0.1) is 5.02 Å². The molecule has 19 heavy (non-hydrogen) atoms. The summed E-state index contributed by atoms with van der Waals surface area (Å²) in [7, 11) is 0. The molecule has 1 aromatic heterocycles. The minimum Gasteiger partial charge on any atom is -0.480 e. The predicted molar refractivity (Wildman–Crippen MR) is 72.6 cm³/mol. The van der Waals surface area contributed by atoms with Crippen LogP contribution in [0.3, 0.4) is 0 Å². The van der Waals surface area contributed by atoms with Crippen molar-refractivity contribution in [3.05, 3.63) is 28.0 Å². The van der Waals surface area contributed by atoms with Gasteiger partial charge in [0, 0.05) is 0 Å². The molecule has 0 aliphatic heterocycles. The molecule has 7 heteroatoms. The Bertz CT molecular complexity index is 492. The molecule has 0 unspecified atom stereocenters. The van der Waals surface area contributed by atoms with Crippen molar-refractivity contribution in [3.63, 3.8) is 0 Å². The monoisotopic (exact) mass is 304 g/mol. The second kappa shape index (κ2) is 6.73. The number of carbonyl (C=O) groups excluding carboxylic acids is 1. The smallest absolute Gasteiger partial charge is 0.326 e. The van der Waals surface area contributed by atoms with E-state index < -0.39 is 17.9 Å². The van der Waals surface area contributed by atoms with Crippen LogP contribution in [0.5, 0.6) is 0 Å². The Labute approximate surface area is 120 Å². The highest BCUT2D eigenvalue weighted by molar-refractivity contribution is 6.34. The average molecular weight is 305 g/mol. The molecule has 1 amide bonds. The molecular formula is C12H14Cl2N2O3. The van der Waals surface area contributed by atoms with E-state index in [0.717, 1.165) is 0 Å². The molecule has 0 fully saturated rings. The first-order valence-corrected chi connectivity index (χ1v) is 6.42. The number of carboxylic acid groups (broad SMARTS) is 1. The van der Waals surface area contributed by atoms with E-state index in [-0.39, 0.29) is 21.8 Å². The summed E-state index contributed by atoms with van der Waals surface area (Å²) in [6.45, 7) is 3.74. The van der Waals surface area contributed by atoms with Crippen molar-refractivity contribution in [2.75, 3.05) is 0 Å². The van der Waals surface area contributed by atoms with Gasteiger partial charge in [-0.15, -0.1) is 0 Å². The van der Waals surface area contributed by atoms with Gasteiger partial charge in [0.2, 0.25) is 0 Å². The highest BCUT2D eigenvalue weighted by Gasteiger charge is 2.23. The average Bonchev–Trinajstić information content (AvgIpc) is 2.30. The van der Waals surface area contributed by atoms with Crippen molar-refractivity contribution in [1.82, 2.24) is 10.3 Å². The summed E-state index contributed by atoms with van der Waals surface area (Å²) < 4.78 is 0. The van der Waals surface area contributed by atoms with Crippen LogP contribution in [0.15, 0.2) is 12.1 Å². The maximum Gasteiger partial charge on any atom is 0.326 e. The van der Waals surface area contributed by atoms with E-state index in [0.29, 0.717) is 6.42 Å². The van der Waals surface area contributed by atoms with Crippen LogP contribution in [0.4, 0.5) is 0 Å². The van der Waals surface area contributed by atoms with Crippen LogP contribution in [0.2, 0.25) is 10.2 Å². The fourth-order valence-electron chi connectivity index (χ4n) is 1.50. The molecule has 1 rings (SSSR count). The summed E-state index contributed by atoms with van der Waals surface area (Å²) in [4.78, 5) is 26.8. The number of carbonyl (C=O) groups is 2. The van der Waals surface area contributed by atoms with E-state index in [2.05, 4.69) is 10.3 Å². The molecule has 1 heterocycles. The quantitative estimate of drug-likeness (QED) is 0.820. The van der Waals surface area contributed by atoms with Crippen molar-refractivity contribution < 1.29 is 14.7 Å². The Morgan fingerprint density at radius 1 is 1.37 bits per heavy atom. The summed E-state index contributed by atoms with van der Waals surface area (Å²) in [5.74, 6) is -1.62. The minimum absolute atomic E-state index is 0.0795. The molecule has 0 bridgehead atoms. The molecule has 2 N–H and O–H groups in total. The van der Waals surface area contributed by atoms with Crippen molar-refractivity contribution in [2.45, 2.75) is 26.3 Å². The van der Waals surface area contributed by atoms with E-state index in [4.69, 9.17) is 28.3 Å². The fourth-order valence-corrected chi connectivity index (χ4v) is 1.84. The lowest BCUT2D eigenvalue weighted by atomic mass is 10.0. The zero-order valence-electron chi connectivity index (χ0n) is 10.5. The Morgan fingerprint density at radius 2 is 2.00 bits per heavy atom. The summed E-state index contributed by atoms with van der Waals surface area (Å²) >= 11 is 11.5. The van der Waals surface area contributed by atoms with Crippen LogP contribution in [-0.2, 0) is 4.79 Å². The lowest BCUT2D eigenvalue weighted by Gasteiger charge is -2.16. The normalized spacial score (nSPS) is 12.3. The summed E-state index contributed by atoms with van der Waals surface area (Å²) in [6.07, 6.45) is 0.319. The molecule has 0 saturated carbocycles. The van der Waals surface area contributed by atoms with Crippen molar-refractivity contribution in [2.24, 2.45) is 5.92 Å². The number of aliphatic carboxylic acids is 1. The van der Waals surface area contributed by atoms with Crippen LogP contribution in [0.25, 0.3) is 0 Å². The van der Waals surface area contributed by atoms with Gasteiger partial charge < -0.3 is 10.4 Å². The van der Waals surface area contributed by atoms with Gasteiger partial charge >= 0.3 is 5.97 Å². The summed E-state index contributed by atoms with van der Waals surface area (Å²) in [6, 6.07) is 1.90. The molecule has 0 aliphatic carbocycles. The summed E-state index contributed by atoms with van der Waals surface area (Å²) in [5, 5.41) is 11.7. The van der Waals surface area contributed by atoms with E-state index in [1.807, 2.05) is 13.8 Å². The molecule has 104 valence electrons. The fraction of sp³-hybridized carbons (Fsp3) is 0.417. The third kappa shape index (κ3) is 4.69. The van der Waals surface area contributed by atoms with E-state index in [1.165, 1.54) is 12.1 Å². The number of nitrogens with zero attached hydrogens (tertiary/aromatic N) is 1. The van der Waals surface area contributed by atoms with E-state index >= 15 is 0 Å². The number of hydrogen-bond donors (Lipinski definition) is 2. The SMILES string of the molecule is CC(C)C[C@H](NC(=O)c1nc(Cl)ccc1Cl)C(=O)O. The molecule has 0 saturated heterocycles. The third-order valence-corrected chi connectivity index (χ3v) is 2.85. The number of aromatic nitrogens is 1. The van der Waals surface area contributed by atoms with Gasteiger partial charge in [-0.3, -0.25) is 4.79 Å². The van der Waals surface area contributed by atoms with Gasteiger partial charge in [0.15, 0.2) is 0 Å². The highest BCUT2D eigenvalue weighted by atomic mass is 35.5. The molecule has 1 atom stereocenters. The maximum absolute atomic E-state index is 11.9. The Morgan fingerprint density at radius 3 is 2.53 bits per heavy atom. The van der Waals surface area contributed by atoms with Crippen molar-refractivity contribution in [3.8, 4) is 0 Å². The number of nitrogens with one attached hydrogen (secondary N) is 1. The molecule has 0 aromatic carbocycles. The highest BCUT2D eigenvalue weighted by Crippen LogP contribution is 2.17. The number of pyridine rings is 1. The second-order valence-corrected chi connectivity index (χ2v) is 5.25. The number of halogens is 2. The number of rotatable bonds is 5. The second-order valence-electron chi connectivity index (χ2n) is 4.46. The van der Waals surface area contributed by atoms with Gasteiger partial charge in [-0.25, -0.2) is 9.78 Å². The van der Waals surface area contributed by atoms with Gasteiger partial charge in [0.1, 0.15) is 16.9 Å². The van der Waals surface area contributed by atoms with Crippen LogP contribution in [0, 0.1) is 5.92 Å². The third-order valence-electron chi connectivity index (χ3n) is 2.34. The minimum atomic E-state index is -1.10. The van der Waals surface area contributed by atoms with Crippen LogP contribution >= 0.6 is 23.2 Å². The van der Waals surface area contributed by atoms with Crippen LogP contribution in [-0.4, -0.2) is 28.0 Å². The number of carboxylic acids is 1. The van der Waals surface area contributed by atoms with Crippen molar-refractivity contribution in [1.29, 1.82) is 0 Å². The van der Waals surface area contributed by atoms with Gasteiger partial charge in [-0.05, 0) is 24.5 Å². The Hall–Kier alpha value is -1.33. The van der Waals surface area contributed by atoms with Gasteiger partial charge in [0.25, 0.3) is 5.91 Å². The first-order valence-electron chi connectivity index (χ1n) is 5.67. The maximum atomic E-state index is 11.9. The molecule has 5 nitrogen and oxygen atoms in total. The van der Waals surface area contributed by atoms with Crippen LogP contribution < -0.4 is 5.32 Å². The molecule has 0 radical (unpaired) electrons. The lowest BCUT2D eigenvalue weighted by molar-refractivity contribution is -0.139. The molecule has 1 aromatic rings. The largest absolute Gasteiger partial charge is 0.480 e. The Balaban J connectivity index is 2.87. The van der Waals surface area contributed by atoms with Gasteiger partial charge in [-0.2, -0.15) is 0 Å². The number of hydrogen-bond acceptors (Lipinski definition) is 3. The topological polar surface area (TPSA) is 79.3 Å². The van der Waals surface area contributed by atoms with Crippen molar-refractivity contribution >= 4 is 35.1 Å². The lowest BCUT2D eigenvalue weighted by Crippen LogP contribution is -2.42. The molecule has 0 aliphatic rings. The van der Waals surface area contributed by atoms with Crippen LogP contribution in [0.1, 0.15) is 30.8 Å². The number of amides is 1. The predicted octanol–water partition coefficient (Wildman–Crippen LogP) is 2.62.